The lowest BCUT2D eigenvalue weighted by Crippen LogP contribution is -2.47. The van der Waals surface area contributed by atoms with Crippen LogP contribution >= 0.6 is 11.8 Å². The maximum absolute atomic E-state index is 12.5. The van der Waals surface area contributed by atoms with Crippen LogP contribution in [0.5, 0.6) is 0 Å². The molecule has 1 aromatic rings. The Bertz CT molecular complexity index is 575. The number of carbonyl (C=O) groups is 2. The standard InChI is InChI=1S/C19H27N3O2S/c23-18(14-25-16-7-2-1-3-8-16)22-11-5-6-15(13-22)12-21-19(24)17-9-4-10-20-17/h1-3,7-8,15,17,20H,4-6,9-14H2,(H,21,24). The van der Waals surface area contributed by atoms with Crippen molar-refractivity contribution in [2.75, 3.05) is 31.9 Å². The molecule has 6 heteroatoms. The van der Waals surface area contributed by atoms with E-state index in [0.717, 1.165) is 50.2 Å². The van der Waals surface area contributed by atoms with E-state index in [-0.39, 0.29) is 17.9 Å². The van der Waals surface area contributed by atoms with Gasteiger partial charge in [0.15, 0.2) is 0 Å². The van der Waals surface area contributed by atoms with Crippen LogP contribution in [0, 0.1) is 5.92 Å². The molecule has 136 valence electrons. The van der Waals surface area contributed by atoms with Gasteiger partial charge in [-0.3, -0.25) is 9.59 Å². The van der Waals surface area contributed by atoms with Gasteiger partial charge in [-0.1, -0.05) is 18.2 Å². The van der Waals surface area contributed by atoms with Crippen LogP contribution in [0.25, 0.3) is 0 Å². The van der Waals surface area contributed by atoms with Gasteiger partial charge in [-0.15, -0.1) is 11.8 Å². The van der Waals surface area contributed by atoms with Crippen molar-refractivity contribution >= 4 is 23.6 Å². The molecule has 2 aliphatic rings. The number of thioether (sulfide) groups is 1. The number of amides is 2. The van der Waals surface area contributed by atoms with Crippen molar-refractivity contribution in [3.63, 3.8) is 0 Å². The largest absolute Gasteiger partial charge is 0.354 e. The van der Waals surface area contributed by atoms with Gasteiger partial charge < -0.3 is 15.5 Å². The zero-order valence-electron chi connectivity index (χ0n) is 14.6. The molecule has 3 rings (SSSR count). The molecule has 0 radical (unpaired) electrons. The van der Waals surface area contributed by atoms with Crippen molar-refractivity contribution in [3.8, 4) is 0 Å². The summed E-state index contributed by atoms with van der Waals surface area (Å²) in [4.78, 5) is 27.7. The van der Waals surface area contributed by atoms with E-state index in [1.54, 1.807) is 11.8 Å². The van der Waals surface area contributed by atoms with Crippen LogP contribution in [-0.2, 0) is 9.59 Å². The first-order chi connectivity index (χ1) is 12.2. The molecule has 1 aromatic carbocycles. The molecule has 0 aliphatic carbocycles. The van der Waals surface area contributed by atoms with E-state index in [2.05, 4.69) is 10.6 Å². The third-order valence-electron chi connectivity index (χ3n) is 4.92. The number of nitrogens with one attached hydrogen (secondary N) is 2. The van der Waals surface area contributed by atoms with E-state index in [9.17, 15) is 9.59 Å². The fourth-order valence-corrected chi connectivity index (χ4v) is 4.31. The highest BCUT2D eigenvalue weighted by Gasteiger charge is 2.26. The van der Waals surface area contributed by atoms with Gasteiger partial charge >= 0.3 is 0 Å². The zero-order chi connectivity index (χ0) is 17.5. The summed E-state index contributed by atoms with van der Waals surface area (Å²) in [5.41, 5.74) is 0. The number of carbonyl (C=O) groups excluding carboxylic acids is 2. The summed E-state index contributed by atoms with van der Waals surface area (Å²) in [5, 5.41) is 6.29. The van der Waals surface area contributed by atoms with Crippen molar-refractivity contribution in [2.24, 2.45) is 5.92 Å². The van der Waals surface area contributed by atoms with E-state index in [0.29, 0.717) is 18.2 Å². The molecule has 2 N–H and O–H groups in total. The molecule has 0 aromatic heterocycles. The fourth-order valence-electron chi connectivity index (χ4n) is 3.49. The molecule has 0 bridgehead atoms. The maximum Gasteiger partial charge on any atom is 0.237 e. The Labute approximate surface area is 153 Å². The summed E-state index contributed by atoms with van der Waals surface area (Å²) in [5.74, 6) is 1.16. The van der Waals surface area contributed by atoms with E-state index in [1.165, 1.54) is 0 Å². The van der Waals surface area contributed by atoms with Gasteiger partial charge in [-0.2, -0.15) is 0 Å². The number of likely N-dealkylation sites (tertiary alicyclic amines) is 1. The lowest BCUT2D eigenvalue weighted by Gasteiger charge is -2.33. The summed E-state index contributed by atoms with van der Waals surface area (Å²) in [6.45, 7) is 3.20. The van der Waals surface area contributed by atoms with Crippen LogP contribution in [-0.4, -0.2) is 54.7 Å². The van der Waals surface area contributed by atoms with Gasteiger partial charge in [0.25, 0.3) is 0 Å². The van der Waals surface area contributed by atoms with Crippen LogP contribution in [0.15, 0.2) is 35.2 Å². The van der Waals surface area contributed by atoms with E-state index in [1.807, 2.05) is 35.2 Å². The van der Waals surface area contributed by atoms with Crippen molar-refractivity contribution in [1.82, 2.24) is 15.5 Å². The number of piperidine rings is 1. The predicted molar refractivity (Wildman–Crippen MR) is 101 cm³/mol. The summed E-state index contributed by atoms with van der Waals surface area (Å²) < 4.78 is 0. The van der Waals surface area contributed by atoms with Crippen molar-refractivity contribution < 1.29 is 9.59 Å². The minimum Gasteiger partial charge on any atom is -0.354 e. The number of benzene rings is 1. The van der Waals surface area contributed by atoms with Gasteiger partial charge in [0.1, 0.15) is 0 Å². The molecule has 5 nitrogen and oxygen atoms in total. The summed E-state index contributed by atoms with van der Waals surface area (Å²) >= 11 is 1.59. The van der Waals surface area contributed by atoms with Crippen LogP contribution in [0.1, 0.15) is 25.7 Å². The van der Waals surface area contributed by atoms with Gasteiger partial charge in [-0.05, 0) is 50.3 Å². The van der Waals surface area contributed by atoms with E-state index >= 15 is 0 Å². The highest BCUT2D eigenvalue weighted by molar-refractivity contribution is 8.00. The summed E-state index contributed by atoms with van der Waals surface area (Å²) in [6, 6.07) is 10.0. The number of hydrogen-bond donors (Lipinski definition) is 2. The molecule has 2 unspecified atom stereocenters. The average molecular weight is 362 g/mol. The van der Waals surface area contributed by atoms with E-state index in [4.69, 9.17) is 0 Å². The Morgan fingerprint density at radius 3 is 2.80 bits per heavy atom. The van der Waals surface area contributed by atoms with Gasteiger partial charge in [0, 0.05) is 24.5 Å². The molecule has 2 aliphatic heterocycles. The number of nitrogens with zero attached hydrogens (tertiary/aromatic N) is 1. The molecule has 0 spiro atoms. The fraction of sp³-hybridized carbons (Fsp3) is 0.579. The third kappa shape index (κ3) is 5.47. The highest BCUT2D eigenvalue weighted by atomic mass is 32.2. The molecule has 25 heavy (non-hydrogen) atoms. The molecule has 2 saturated heterocycles. The highest BCUT2D eigenvalue weighted by Crippen LogP contribution is 2.20. The van der Waals surface area contributed by atoms with Crippen LogP contribution in [0.4, 0.5) is 0 Å². The summed E-state index contributed by atoms with van der Waals surface area (Å²) in [7, 11) is 0. The normalized spacial score (nSPS) is 23.4. The van der Waals surface area contributed by atoms with Crippen molar-refractivity contribution in [2.45, 2.75) is 36.6 Å². The smallest absolute Gasteiger partial charge is 0.237 e. The number of rotatable bonds is 6. The maximum atomic E-state index is 12.5. The van der Waals surface area contributed by atoms with Gasteiger partial charge in [0.05, 0.1) is 11.8 Å². The second-order valence-corrected chi connectivity index (χ2v) is 7.89. The molecule has 2 amide bonds. The SMILES string of the molecule is O=C(NCC1CCCN(C(=O)CSc2ccccc2)C1)C1CCCN1. The van der Waals surface area contributed by atoms with Crippen LogP contribution in [0.3, 0.4) is 0 Å². The number of hydrogen-bond acceptors (Lipinski definition) is 4. The second-order valence-electron chi connectivity index (χ2n) is 6.84. The zero-order valence-corrected chi connectivity index (χ0v) is 15.4. The Balaban J connectivity index is 1.40. The average Bonchev–Trinajstić information content (AvgIpc) is 3.20. The summed E-state index contributed by atoms with van der Waals surface area (Å²) in [6.07, 6.45) is 4.10. The molecular weight excluding hydrogens is 334 g/mol. The molecule has 2 heterocycles. The lowest BCUT2D eigenvalue weighted by molar-refractivity contribution is -0.130. The van der Waals surface area contributed by atoms with Gasteiger partial charge in [0.2, 0.25) is 11.8 Å². The first kappa shape index (κ1) is 18.3. The lowest BCUT2D eigenvalue weighted by atomic mass is 9.98. The Morgan fingerprint density at radius 2 is 2.04 bits per heavy atom. The van der Waals surface area contributed by atoms with E-state index < -0.39 is 0 Å². The van der Waals surface area contributed by atoms with Crippen molar-refractivity contribution in [1.29, 1.82) is 0 Å². The minimum absolute atomic E-state index is 0.0244. The quantitative estimate of drug-likeness (QED) is 0.760. The predicted octanol–water partition coefficient (Wildman–Crippen LogP) is 1.89. The minimum atomic E-state index is -0.0244. The van der Waals surface area contributed by atoms with Crippen LogP contribution in [0.2, 0.25) is 0 Å². The molecule has 2 fully saturated rings. The first-order valence-corrected chi connectivity index (χ1v) is 10.2. The Hall–Kier alpha value is -1.53. The first-order valence-electron chi connectivity index (χ1n) is 9.19. The topological polar surface area (TPSA) is 61.4 Å². The Morgan fingerprint density at radius 1 is 1.20 bits per heavy atom. The molecular formula is C19H27N3O2S. The van der Waals surface area contributed by atoms with Crippen LogP contribution < -0.4 is 10.6 Å². The monoisotopic (exact) mass is 361 g/mol. The second kappa shape index (κ2) is 9.25. The molecule has 0 saturated carbocycles. The van der Waals surface area contributed by atoms with Crippen molar-refractivity contribution in [3.05, 3.63) is 30.3 Å². The molecule has 2 atom stereocenters. The Kier molecular flexibility index (Phi) is 6.76. The third-order valence-corrected chi connectivity index (χ3v) is 5.92. The van der Waals surface area contributed by atoms with Gasteiger partial charge in [-0.25, -0.2) is 0 Å².